The number of aryl methyl sites for hydroxylation is 1. The summed E-state index contributed by atoms with van der Waals surface area (Å²) in [7, 11) is 0. The molecular weight excluding hydrogens is 314 g/mol. The highest BCUT2D eigenvalue weighted by atomic mass is 19.4. The average Bonchev–Trinajstić information content (AvgIpc) is 2.96. The predicted molar refractivity (Wildman–Crippen MR) is 74.7 cm³/mol. The molecule has 0 bridgehead atoms. The molecule has 0 saturated carbocycles. The smallest absolute Gasteiger partial charge is 0.450 e. The normalized spacial score (nSPS) is 18.0. The number of benzene rings is 1. The van der Waals surface area contributed by atoms with Crippen molar-refractivity contribution in [3.05, 3.63) is 53.2 Å². The molecule has 1 aromatic heterocycles. The van der Waals surface area contributed by atoms with Crippen molar-refractivity contribution in [1.82, 2.24) is 0 Å². The van der Waals surface area contributed by atoms with E-state index < -0.39 is 29.2 Å². The Balaban J connectivity index is 2.05. The highest BCUT2D eigenvalue weighted by molar-refractivity contribution is 6.07. The minimum Gasteiger partial charge on any atom is -0.459 e. The first-order valence-electron chi connectivity index (χ1n) is 7.05. The van der Waals surface area contributed by atoms with Crippen molar-refractivity contribution >= 4 is 11.6 Å². The Kier molecular flexibility index (Phi) is 3.66. The van der Waals surface area contributed by atoms with Gasteiger partial charge >= 0.3 is 6.18 Å². The van der Waals surface area contributed by atoms with Gasteiger partial charge in [-0.2, -0.15) is 13.2 Å². The molecule has 1 amide bonds. The summed E-state index contributed by atoms with van der Waals surface area (Å²) >= 11 is 0. The Bertz CT molecular complexity index is 751. The maximum Gasteiger partial charge on any atom is 0.450 e. The van der Waals surface area contributed by atoms with Crippen LogP contribution in [0.3, 0.4) is 0 Å². The van der Waals surface area contributed by atoms with Crippen LogP contribution in [0.15, 0.2) is 34.9 Å². The van der Waals surface area contributed by atoms with Crippen LogP contribution in [0.1, 0.15) is 35.0 Å². The van der Waals surface area contributed by atoms with Crippen LogP contribution in [-0.2, 0) is 12.6 Å². The van der Waals surface area contributed by atoms with E-state index in [9.17, 15) is 22.4 Å². The lowest BCUT2D eigenvalue weighted by Crippen LogP contribution is -2.42. The third-order valence-electron chi connectivity index (χ3n) is 3.95. The van der Waals surface area contributed by atoms with E-state index in [0.717, 1.165) is 12.3 Å². The largest absolute Gasteiger partial charge is 0.459 e. The van der Waals surface area contributed by atoms with Crippen LogP contribution in [0.5, 0.6) is 0 Å². The summed E-state index contributed by atoms with van der Waals surface area (Å²) < 4.78 is 56.6. The van der Waals surface area contributed by atoms with E-state index in [1.807, 2.05) is 0 Å². The molecule has 0 saturated heterocycles. The Labute approximate surface area is 129 Å². The summed E-state index contributed by atoms with van der Waals surface area (Å²) in [5.41, 5.74) is 0.500. The summed E-state index contributed by atoms with van der Waals surface area (Å²) in [6, 6.07) is 4.64. The molecule has 0 unspecified atom stereocenters. The molecule has 7 heteroatoms. The van der Waals surface area contributed by atoms with Gasteiger partial charge in [-0.3, -0.25) is 4.79 Å². The SMILES string of the molecule is C[C@H]1CCc2cc(F)ccc2N1C(=O)c1ccoc1C(F)(F)F. The van der Waals surface area contributed by atoms with Gasteiger partial charge in [-0.15, -0.1) is 0 Å². The number of fused-ring (bicyclic) bond motifs is 1. The second-order valence-electron chi connectivity index (χ2n) is 5.50. The summed E-state index contributed by atoms with van der Waals surface area (Å²) in [5.74, 6) is -2.56. The van der Waals surface area contributed by atoms with Crippen molar-refractivity contribution in [2.45, 2.75) is 32.0 Å². The molecule has 0 radical (unpaired) electrons. The Morgan fingerprint density at radius 2 is 2.04 bits per heavy atom. The fraction of sp³-hybridized carbons (Fsp3) is 0.312. The zero-order chi connectivity index (χ0) is 16.8. The topological polar surface area (TPSA) is 33.5 Å². The number of furan rings is 1. The van der Waals surface area contributed by atoms with Gasteiger partial charge in [0.15, 0.2) is 0 Å². The predicted octanol–water partition coefficient (Wildman–Crippen LogP) is 4.42. The molecule has 2 heterocycles. The van der Waals surface area contributed by atoms with Crippen molar-refractivity contribution in [3.8, 4) is 0 Å². The van der Waals surface area contributed by atoms with Crippen LogP contribution in [0, 0.1) is 5.82 Å². The van der Waals surface area contributed by atoms with Gasteiger partial charge < -0.3 is 9.32 Å². The molecule has 23 heavy (non-hydrogen) atoms. The molecule has 0 N–H and O–H groups in total. The molecule has 1 aliphatic rings. The number of hydrogen-bond donors (Lipinski definition) is 0. The average molecular weight is 327 g/mol. The van der Waals surface area contributed by atoms with Gasteiger partial charge in [-0.25, -0.2) is 4.39 Å². The summed E-state index contributed by atoms with van der Waals surface area (Å²) in [6.07, 6.45) is -2.80. The molecule has 0 fully saturated rings. The van der Waals surface area contributed by atoms with Crippen molar-refractivity contribution in [2.75, 3.05) is 4.90 Å². The summed E-state index contributed by atoms with van der Waals surface area (Å²) in [6.45, 7) is 1.75. The van der Waals surface area contributed by atoms with E-state index in [4.69, 9.17) is 0 Å². The third kappa shape index (κ3) is 2.71. The molecule has 122 valence electrons. The first-order chi connectivity index (χ1) is 10.8. The summed E-state index contributed by atoms with van der Waals surface area (Å²) in [5, 5.41) is 0. The molecule has 1 aliphatic heterocycles. The molecular formula is C16H13F4NO2. The molecule has 3 nitrogen and oxygen atoms in total. The number of carbonyl (C=O) groups excluding carboxylic acids is 1. The van der Waals surface area contributed by atoms with Crippen LogP contribution in [-0.4, -0.2) is 11.9 Å². The van der Waals surface area contributed by atoms with Gasteiger partial charge in [-0.1, -0.05) is 0 Å². The second-order valence-corrected chi connectivity index (χ2v) is 5.50. The molecule has 0 aliphatic carbocycles. The quantitative estimate of drug-likeness (QED) is 0.727. The first kappa shape index (κ1) is 15.6. The molecule has 3 rings (SSSR count). The van der Waals surface area contributed by atoms with E-state index in [1.54, 1.807) is 6.92 Å². The van der Waals surface area contributed by atoms with Gasteiger partial charge in [0.1, 0.15) is 5.82 Å². The van der Waals surface area contributed by atoms with Crippen LogP contribution in [0.4, 0.5) is 23.2 Å². The number of halogens is 4. The summed E-state index contributed by atoms with van der Waals surface area (Å²) in [4.78, 5) is 13.9. The Hall–Kier alpha value is -2.31. The first-order valence-corrected chi connectivity index (χ1v) is 7.05. The van der Waals surface area contributed by atoms with E-state index in [2.05, 4.69) is 4.42 Å². The lowest BCUT2D eigenvalue weighted by Gasteiger charge is -2.35. The van der Waals surface area contributed by atoms with Crippen LogP contribution in [0.2, 0.25) is 0 Å². The molecule has 1 aromatic carbocycles. The minimum atomic E-state index is -4.75. The Morgan fingerprint density at radius 1 is 1.30 bits per heavy atom. The van der Waals surface area contributed by atoms with Crippen molar-refractivity contribution in [3.63, 3.8) is 0 Å². The van der Waals surface area contributed by atoms with Crippen molar-refractivity contribution < 1.29 is 26.8 Å². The van der Waals surface area contributed by atoms with E-state index in [0.29, 0.717) is 24.1 Å². The number of amides is 1. The van der Waals surface area contributed by atoms with Crippen LogP contribution >= 0.6 is 0 Å². The van der Waals surface area contributed by atoms with Gasteiger partial charge in [0.25, 0.3) is 5.91 Å². The molecule has 1 atom stereocenters. The van der Waals surface area contributed by atoms with Gasteiger partial charge in [0.2, 0.25) is 5.76 Å². The fourth-order valence-electron chi connectivity index (χ4n) is 2.86. The van der Waals surface area contributed by atoms with E-state index in [-0.39, 0.29) is 6.04 Å². The maximum absolute atomic E-state index is 13.3. The van der Waals surface area contributed by atoms with Gasteiger partial charge in [-0.05, 0) is 49.6 Å². The minimum absolute atomic E-state index is 0.295. The number of rotatable bonds is 1. The standard InChI is InChI=1S/C16H13F4NO2/c1-9-2-3-10-8-11(17)4-5-13(10)21(9)15(22)12-6-7-23-14(12)16(18,19)20/h4-9H,2-3H2,1H3/t9-/m0/s1. The number of alkyl halides is 3. The molecule has 0 spiro atoms. The number of carbonyl (C=O) groups is 1. The van der Waals surface area contributed by atoms with Gasteiger partial charge in [0.05, 0.1) is 11.8 Å². The number of anilines is 1. The van der Waals surface area contributed by atoms with E-state index >= 15 is 0 Å². The zero-order valence-electron chi connectivity index (χ0n) is 12.2. The fourth-order valence-corrected chi connectivity index (χ4v) is 2.86. The molecule has 2 aromatic rings. The zero-order valence-corrected chi connectivity index (χ0v) is 12.2. The van der Waals surface area contributed by atoms with E-state index in [1.165, 1.54) is 23.1 Å². The lowest BCUT2D eigenvalue weighted by atomic mass is 9.95. The highest BCUT2D eigenvalue weighted by Gasteiger charge is 2.41. The number of nitrogens with zero attached hydrogens (tertiary/aromatic N) is 1. The van der Waals surface area contributed by atoms with Gasteiger partial charge in [0, 0.05) is 11.7 Å². The third-order valence-corrected chi connectivity index (χ3v) is 3.95. The second kappa shape index (κ2) is 5.40. The van der Waals surface area contributed by atoms with Crippen molar-refractivity contribution in [1.29, 1.82) is 0 Å². The number of hydrogen-bond acceptors (Lipinski definition) is 2. The van der Waals surface area contributed by atoms with Crippen LogP contribution in [0.25, 0.3) is 0 Å². The maximum atomic E-state index is 13.3. The monoisotopic (exact) mass is 327 g/mol. The lowest BCUT2D eigenvalue weighted by molar-refractivity contribution is -0.153. The van der Waals surface area contributed by atoms with Crippen molar-refractivity contribution in [2.24, 2.45) is 0 Å². The highest BCUT2D eigenvalue weighted by Crippen LogP contribution is 2.37. The Morgan fingerprint density at radius 3 is 2.74 bits per heavy atom. The van der Waals surface area contributed by atoms with Crippen LogP contribution < -0.4 is 4.90 Å².